The standard InChI is InChI=1S/C22H24BrNO6/c1-22(2,3)30-21(28)24-18(12-14-8-10-15(26)11-9-14)19(27)20(29-13-25)16-6-4-5-7-17(16)23/h4-11,13,18,20,26H,12H2,1-3H3,(H,24,28)/t18-,20?/m0/s1. The highest BCUT2D eigenvalue weighted by Crippen LogP contribution is 2.28. The highest BCUT2D eigenvalue weighted by molar-refractivity contribution is 9.10. The molecule has 0 saturated carbocycles. The van der Waals surface area contributed by atoms with Crippen LogP contribution in [0.1, 0.15) is 38.0 Å². The Morgan fingerprint density at radius 2 is 1.77 bits per heavy atom. The number of carbonyl (C=O) groups excluding carboxylic acids is 3. The fourth-order valence-electron chi connectivity index (χ4n) is 2.76. The monoisotopic (exact) mass is 477 g/mol. The summed E-state index contributed by atoms with van der Waals surface area (Å²) in [5.74, 6) is -0.440. The predicted molar refractivity (Wildman–Crippen MR) is 114 cm³/mol. The first-order valence-corrected chi connectivity index (χ1v) is 10.0. The van der Waals surface area contributed by atoms with Crippen LogP contribution in [0.4, 0.5) is 4.79 Å². The van der Waals surface area contributed by atoms with E-state index in [4.69, 9.17) is 9.47 Å². The Labute approximate surface area is 183 Å². The maximum Gasteiger partial charge on any atom is 0.408 e. The molecule has 2 rings (SSSR count). The fourth-order valence-corrected chi connectivity index (χ4v) is 3.25. The van der Waals surface area contributed by atoms with Crippen LogP contribution in [0.5, 0.6) is 5.75 Å². The van der Waals surface area contributed by atoms with E-state index in [1.165, 1.54) is 12.1 Å². The van der Waals surface area contributed by atoms with Gasteiger partial charge in [-0.25, -0.2) is 4.79 Å². The van der Waals surface area contributed by atoms with Gasteiger partial charge in [-0.3, -0.25) is 9.59 Å². The molecule has 0 aliphatic carbocycles. The molecule has 2 N–H and O–H groups in total. The Morgan fingerprint density at radius 3 is 2.33 bits per heavy atom. The lowest BCUT2D eigenvalue weighted by Crippen LogP contribution is -2.46. The van der Waals surface area contributed by atoms with E-state index in [0.29, 0.717) is 15.6 Å². The molecule has 30 heavy (non-hydrogen) atoms. The summed E-state index contributed by atoms with van der Waals surface area (Å²) in [6.45, 7) is 5.33. The van der Waals surface area contributed by atoms with Crippen molar-refractivity contribution in [3.63, 3.8) is 0 Å². The number of alkyl carbamates (subject to hydrolysis) is 1. The van der Waals surface area contributed by atoms with E-state index in [2.05, 4.69) is 21.2 Å². The second kappa shape index (κ2) is 10.2. The van der Waals surface area contributed by atoms with Gasteiger partial charge in [0.25, 0.3) is 6.47 Å². The molecule has 0 bridgehead atoms. The third-order valence-electron chi connectivity index (χ3n) is 4.05. The number of phenols is 1. The molecule has 1 unspecified atom stereocenters. The van der Waals surface area contributed by atoms with Crippen molar-refractivity contribution in [2.24, 2.45) is 0 Å². The number of Topliss-reactive ketones (excluding diaryl/α,β-unsaturated/α-hetero) is 1. The predicted octanol–water partition coefficient (Wildman–Crippen LogP) is 4.07. The molecule has 2 aromatic carbocycles. The first-order valence-electron chi connectivity index (χ1n) is 9.25. The SMILES string of the molecule is CC(C)(C)OC(=O)N[C@@H](Cc1ccc(O)cc1)C(=O)C(OC=O)c1ccccc1Br. The van der Waals surface area contributed by atoms with E-state index in [1.54, 1.807) is 57.2 Å². The molecule has 7 nitrogen and oxygen atoms in total. The molecule has 160 valence electrons. The van der Waals surface area contributed by atoms with Gasteiger partial charge in [-0.15, -0.1) is 0 Å². The molecular formula is C22H24BrNO6. The minimum Gasteiger partial charge on any atom is -0.508 e. The Bertz CT molecular complexity index is 891. The third kappa shape index (κ3) is 6.88. The third-order valence-corrected chi connectivity index (χ3v) is 4.77. The summed E-state index contributed by atoms with van der Waals surface area (Å²) in [5, 5.41) is 12.1. The average molecular weight is 478 g/mol. The van der Waals surface area contributed by atoms with Crippen LogP contribution in [0.3, 0.4) is 0 Å². The van der Waals surface area contributed by atoms with Crippen molar-refractivity contribution in [3.8, 4) is 5.75 Å². The lowest BCUT2D eigenvalue weighted by molar-refractivity contribution is -0.145. The highest BCUT2D eigenvalue weighted by atomic mass is 79.9. The summed E-state index contributed by atoms with van der Waals surface area (Å²) >= 11 is 3.36. The van der Waals surface area contributed by atoms with Crippen molar-refractivity contribution in [3.05, 3.63) is 64.1 Å². The number of carbonyl (C=O) groups is 3. The van der Waals surface area contributed by atoms with Gasteiger partial charge in [-0.05, 0) is 44.5 Å². The van der Waals surface area contributed by atoms with Gasteiger partial charge in [-0.1, -0.05) is 46.3 Å². The van der Waals surface area contributed by atoms with Gasteiger partial charge in [-0.2, -0.15) is 0 Å². The number of aromatic hydroxyl groups is 1. The maximum absolute atomic E-state index is 13.3. The van der Waals surface area contributed by atoms with Crippen LogP contribution in [0.15, 0.2) is 53.0 Å². The Kier molecular flexibility index (Phi) is 8.00. The van der Waals surface area contributed by atoms with Gasteiger partial charge in [0, 0.05) is 16.5 Å². The number of nitrogens with one attached hydrogen (secondary N) is 1. The first kappa shape index (κ1) is 23.4. The zero-order chi connectivity index (χ0) is 22.3. The largest absolute Gasteiger partial charge is 0.508 e. The van der Waals surface area contributed by atoms with Gasteiger partial charge in [0.05, 0.1) is 6.04 Å². The van der Waals surface area contributed by atoms with Gasteiger partial charge in [0.2, 0.25) is 5.78 Å². The number of ether oxygens (including phenoxy) is 2. The number of phenolic OH excluding ortho intramolecular Hbond substituents is 1. The number of halogens is 1. The maximum atomic E-state index is 13.3. The fraction of sp³-hybridized carbons (Fsp3) is 0.318. The molecule has 0 saturated heterocycles. The van der Waals surface area contributed by atoms with E-state index in [9.17, 15) is 19.5 Å². The molecular weight excluding hydrogens is 454 g/mol. The van der Waals surface area contributed by atoms with E-state index >= 15 is 0 Å². The Morgan fingerprint density at radius 1 is 1.13 bits per heavy atom. The molecule has 2 aromatic rings. The van der Waals surface area contributed by atoms with E-state index in [1.807, 2.05) is 0 Å². The van der Waals surface area contributed by atoms with Crippen LogP contribution in [-0.4, -0.2) is 35.1 Å². The van der Waals surface area contributed by atoms with E-state index in [-0.39, 0.29) is 18.6 Å². The molecule has 0 heterocycles. The van der Waals surface area contributed by atoms with Gasteiger partial charge in [0.15, 0.2) is 6.10 Å². The van der Waals surface area contributed by atoms with Gasteiger partial charge in [0.1, 0.15) is 11.4 Å². The minimum absolute atomic E-state index is 0.0807. The van der Waals surface area contributed by atoms with Crippen LogP contribution in [-0.2, 0) is 25.5 Å². The summed E-state index contributed by atoms with van der Waals surface area (Å²) in [6, 6.07) is 12.1. The first-order chi connectivity index (χ1) is 14.1. The molecule has 0 aromatic heterocycles. The van der Waals surface area contributed by atoms with Gasteiger partial charge < -0.3 is 19.9 Å². The molecule has 0 spiro atoms. The average Bonchev–Trinajstić information content (AvgIpc) is 2.66. The summed E-state index contributed by atoms with van der Waals surface area (Å²) in [5.41, 5.74) is 0.396. The summed E-state index contributed by atoms with van der Waals surface area (Å²) < 4.78 is 11.0. The second-order valence-electron chi connectivity index (χ2n) is 7.61. The molecule has 2 atom stereocenters. The van der Waals surface area contributed by atoms with Crippen molar-refractivity contribution >= 4 is 34.3 Å². The van der Waals surface area contributed by atoms with Crippen molar-refractivity contribution in [1.29, 1.82) is 0 Å². The number of benzene rings is 2. The van der Waals surface area contributed by atoms with Crippen molar-refractivity contribution in [1.82, 2.24) is 5.32 Å². The Balaban J connectivity index is 2.35. The van der Waals surface area contributed by atoms with E-state index in [0.717, 1.165) is 0 Å². The second-order valence-corrected chi connectivity index (χ2v) is 8.46. The van der Waals surface area contributed by atoms with Gasteiger partial charge >= 0.3 is 6.09 Å². The van der Waals surface area contributed by atoms with Crippen LogP contribution >= 0.6 is 15.9 Å². The zero-order valence-electron chi connectivity index (χ0n) is 16.9. The highest BCUT2D eigenvalue weighted by Gasteiger charge is 2.33. The van der Waals surface area contributed by atoms with Crippen LogP contribution in [0, 0.1) is 0 Å². The van der Waals surface area contributed by atoms with Crippen LogP contribution in [0.25, 0.3) is 0 Å². The summed E-state index contributed by atoms with van der Waals surface area (Å²) in [4.78, 5) is 36.8. The number of hydrogen-bond donors (Lipinski definition) is 2. The molecule has 0 aliphatic heterocycles. The number of ketones is 1. The van der Waals surface area contributed by atoms with Crippen molar-refractivity contribution < 1.29 is 29.0 Å². The molecule has 0 radical (unpaired) electrons. The lowest BCUT2D eigenvalue weighted by Gasteiger charge is -2.25. The zero-order valence-corrected chi connectivity index (χ0v) is 18.5. The molecule has 1 amide bonds. The lowest BCUT2D eigenvalue weighted by atomic mass is 9.95. The molecule has 0 aliphatic rings. The topological polar surface area (TPSA) is 102 Å². The number of hydrogen-bond acceptors (Lipinski definition) is 6. The van der Waals surface area contributed by atoms with E-state index < -0.39 is 29.6 Å². The van der Waals surface area contributed by atoms with Crippen molar-refractivity contribution in [2.75, 3.05) is 0 Å². The number of rotatable bonds is 8. The quantitative estimate of drug-likeness (QED) is 0.555. The minimum atomic E-state index is -1.23. The summed E-state index contributed by atoms with van der Waals surface area (Å²) in [6.07, 6.45) is -1.88. The van der Waals surface area contributed by atoms with Crippen molar-refractivity contribution in [2.45, 2.75) is 44.9 Å². The summed E-state index contributed by atoms with van der Waals surface area (Å²) in [7, 11) is 0. The number of amides is 1. The molecule has 0 fully saturated rings. The van der Waals surface area contributed by atoms with Crippen LogP contribution in [0.2, 0.25) is 0 Å². The normalized spacial score (nSPS) is 13.1. The van der Waals surface area contributed by atoms with Crippen LogP contribution < -0.4 is 5.32 Å². The molecule has 8 heteroatoms. The smallest absolute Gasteiger partial charge is 0.408 e. The Hall–Kier alpha value is -2.87.